The highest BCUT2D eigenvalue weighted by Gasteiger charge is 2.30. The summed E-state index contributed by atoms with van der Waals surface area (Å²) in [6.07, 6.45) is 6.97. The minimum atomic E-state index is -3.50. The van der Waals surface area contributed by atoms with Crippen molar-refractivity contribution in [3.63, 3.8) is 0 Å². The molecular weight excluding hydrogens is 841 g/mol. The first-order valence-corrected chi connectivity index (χ1v) is 22.8. The quantitative estimate of drug-likeness (QED) is 0.142. The number of aryl methyl sites for hydroxylation is 4. The number of primary amides is 2. The Morgan fingerprint density at radius 1 is 0.672 bits per heavy atom. The van der Waals surface area contributed by atoms with Crippen molar-refractivity contribution in [1.29, 1.82) is 0 Å². The minimum Gasteiger partial charge on any atom is -0.508 e. The number of sulfone groups is 1. The number of piperazine rings is 2. The zero-order valence-electron chi connectivity index (χ0n) is 35.8. The van der Waals surface area contributed by atoms with Gasteiger partial charge in [0.1, 0.15) is 11.5 Å². The number of nitrogens with two attached hydrogens (primary N) is 2. The topological polar surface area (TPSA) is 268 Å². The van der Waals surface area contributed by atoms with E-state index in [0.717, 1.165) is 93.1 Å². The van der Waals surface area contributed by atoms with E-state index in [4.69, 9.17) is 21.3 Å². The number of anilines is 2. The summed E-state index contributed by atoms with van der Waals surface area (Å²) >= 11 is 0. The van der Waals surface area contributed by atoms with Crippen molar-refractivity contribution in [3.8, 4) is 40.3 Å². The van der Waals surface area contributed by atoms with E-state index in [0.29, 0.717) is 53.4 Å². The molecule has 21 heteroatoms. The van der Waals surface area contributed by atoms with Crippen LogP contribution in [0.15, 0.2) is 66.1 Å². The Hall–Kier alpha value is -6.97. The largest absolute Gasteiger partial charge is 0.508 e. The number of benzene rings is 2. The van der Waals surface area contributed by atoms with Gasteiger partial charge in [-0.15, -0.1) is 0 Å². The molecule has 6 aromatic rings. The number of hydrogen-bond donors (Lipinski definition) is 5. The first-order chi connectivity index (χ1) is 30.7. The number of rotatable bonds is 7. The summed E-state index contributed by atoms with van der Waals surface area (Å²) in [5.74, 6) is -0.121. The maximum atomic E-state index is 11.7. The van der Waals surface area contributed by atoms with Crippen LogP contribution in [-0.4, -0.2) is 123 Å². The number of ether oxygens (including phenoxy) is 1. The van der Waals surface area contributed by atoms with Crippen LogP contribution < -0.4 is 36.6 Å². The van der Waals surface area contributed by atoms with Gasteiger partial charge in [0.25, 0.3) is 11.8 Å². The molecule has 0 radical (unpaired) electrons. The van der Waals surface area contributed by atoms with Crippen LogP contribution in [0.5, 0.6) is 17.5 Å². The second-order valence-corrected chi connectivity index (χ2v) is 17.6. The highest BCUT2D eigenvalue weighted by Crippen LogP contribution is 2.36. The lowest BCUT2D eigenvalue weighted by Gasteiger charge is -2.29. The molecule has 64 heavy (non-hydrogen) atoms. The molecule has 0 atom stereocenters. The predicted molar refractivity (Wildman–Crippen MR) is 238 cm³/mol. The number of phenolic OH excluding ortho intramolecular Hbond substituents is 1. The molecule has 4 aliphatic rings. The minimum absolute atomic E-state index is 0.206. The molecule has 6 heterocycles. The fraction of sp³-hybridized carbons (Fsp3) is 0.349. The number of nitrogens with zero attached hydrogens (tertiary/aromatic N) is 10. The van der Waals surface area contributed by atoms with Gasteiger partial charge in [0.15, 0.2) is 11.4 Å². The summed E-state index contributed by atoms with van der Waals surface area (Å²) in [6, 6.07) is 15.6. The average molecular weight is 891 g/mol. The molecule has 10 rings (SSSR count). The summed E-state index contributed by atoms with van der Waals surface area (Å²) in [4.78, 5) is 44.9. The molecule has 2 aliphatic carbocycles. The third kappa shape index (κ3) is 9.36. The average Bonchev–Trinajstić information content (AvgIpc) is 3.84. The number of hydrogen-bond acceptors (Lipinski definition) is 16. The van der Waals surface area contributed by atoms with Crippen molar-refractivity contribution < 1.29 is 27.9 Å². The smallest absolute Gasteiger partial charge is 0.322 e. The Morgan fingerprint density at radius 2 is 1.12 bits per heavy atom. The Morgan fingerprint density at radius 3 is 1.59 bits per heavy atom. The summed E-state index contributed by atoms with van der Waals surface area (Å²) in [7, 11) is -0.0460. The number of aromatic nitrogens is 8. The van der Waals surface area contributed by atoms with Crippen LogP contribution in [0, 0.1) is 0 Å². The molecule has 2 aliphatic heterocycles. The molecule has 2 fully saturated rings. The molecule has 7 N–H and O–H groups in total. The fourth-order valence-electron chi connectivity index (χ4n) is 8.24. The molecule has 2 aromatic carbocycles. The van der Waals surface area contributed by atoms with Gasteiger partial charge in [0, 0.05) is 108 Å². The number of phenols is 1. The van der Waals surface area contributed by atoms with Crippen LogP contribution in [0.25, 0.3) is 22.8 Å². The highest BCUT2D eigenvalue weighted by molar-refractivity contribution is 7.90. The van der Waals surface area contributed by atoms with Crippen LogP contribution in [0.3, 0.4) is 0 Å². The number of carbonyl (C=O) groups excluding carboxylic acids is 2. The van der Waals surface area contributed by atoms with E-state index in [1.54, 1.807) is 37.1 Å². The third-order valence-electron chi connectivity index (χ3n) is 11.4. The van der Waals surface area contributed by atoms with E-state index in [9.17, 15) is 18.0 Å². The first kappa shape index (κ1) is 43.7. The van der Waals surface area contributed by atoms with Gasteiger partial charge in [0.2, 0.25) is 15.0 Å². The maximum absolute atomic E-state index is 11.7. The lowest BCUT2D eigenvalue weighted by atomic mass is 9.93. The second-order valence-electron chi connectivity index (χ2n) is 15.7. The second kappa shape index (κ2) is 18.4. The molecule has 0 spiro atoms. The zero-order valence-corrected chi connectivity index (χ0v) is 36.6. The fourth-order valence-corrected chi connectivity index (χ4v) is 8.74. The zero-order chi connectivity index (χ0) is 45.1. The standard InChI is InChI=1S/C21H23N7O2.C12H13N5O3S.C10H14N2O/c1-27-19-16(18(26-27)20(22)29)7-2-13-12-24-21(25-17(13)19)30-15-5-3-14(4-6-15)28-10-8-23-9-11-28;1-17-10-7(9(16-17)11(13)18)4-3-6-5-14-12(15-8(6)10)21(2,19)20;13-10-3-1-9(2-4-10)12-7-5-11-6-8-12/h3-6,12,23H,2,7-11H2,1H3,(H2,22,29);5H,3-4H2,1-2H3,(H2,13,18);1-4,11,13H,5-8H2. The normalized spacial score (nSPS) is 15.2. The SMILES string of the molecule is Cn1nc(C(N)=O)c2c1-c1nc(Oc3ccc(N4CCNCC4)cc3)ncc1CC2.Cn1nc(C(N)=O)c2c1-c1nc(S(C)(=O)=O)ncc1CC2.Oc1ccc(N2CCNCC2)cc1. The Labute approximate surface area is 369 Å². The van der Waals surface area contributed by atoms with Crippen LogP contribution in [0.2, 0.25) is 0 Å². The highest BCUT2D eigenvalue weighted by atomic mass is 32.2. The van der Waals surface area contributed by atoms with Crippen LogP contribution in [0.4, 0.5) is 11.4 Å². The monoisotopic (exact) mass is 890 g/mol. The van der Waals surface area contributed by atoms with Crippen molar-refractivity contribution in [2.45, 2.75) is 30.8 Å². The van der Waals surface area contributed by atoms with E-state index in [1.807, 2.05) is 24.3 Å². The number of aromatic hydroxyl groups is 1. The molecule has 0 unspecified atom stereocenters. The van der Waals surface area contributed by atoms with E-state index >= 15 is 0 Å². The Balaban J connectivity index is 0.000000143. The van der Waals surface area contributed by atoms with Gasteiger partial charge in [0.05, 0.1) is 22.8 Å². The summed E-state index contributed by atoms with van der Waals surface area (Å²) in [6.45, 7) is 8.16. The Bertz CT molecular complexity index is 2800. The van der Waals surface area contributed by atoms with Gasteiger partial charge in [-0.25, -0.2) is 23.4 Å². The molecule has 0 bridgehead atoms. The summed E-state index contributed by atoms with van der Waals surface area (Å²) < 4.78 is 32.3. The number of fused-ring (bicyclic) bond motifs is 6. The molecule has 20 nitrogen and oxygen atoms in total. The van der Waals surface area contributed by atoms with E-state index < -0.39 is 21.7 Å². The molecule has 4 aromatic heterocycles. The van der Waals surface area contributed by atoms with Gasteiger partial charge < -0.3 is 41.7 Å². The lowest BCUT2D eigenvalue weighted by Crippen LogP contribution is -2.43. The van der Waals surface area contributed by atoms with Crippen molar-refractivity contribution in [2.75, 3.05) is 68.4 Å². The molecule has 334 valence electrons. The van der Waals surface area contributed by atoms with Gasteiger partial charge in [-0.2, -0.15) is 15.2 Å². The lowest BCUT2D eigenvalue weighted by molar-refractivity contribution is 0.0985. The summed E-state index contributed by atoms with van der Waals surface area (Å²) in [5, 5.41) is 24.0. The predicted octanol–water partition coefficient (Wildman–Crippen LogP) is 1.56. The van der Waals surface area contributed by atoms with Gasteiger partial charge in [-0.05, 0) is 85.3 Å². The molecule has 0 saturated carbocycles. The molecule has 2 saturated heterocycles. The molecular formula is C43H50N14O6S. The number of carbonyl (C=O) groups is 2. The van der Waals surface area contributed by atoms with E-state index in [-0.39, 0.29) is 16.9 Å². The van der Waals surface area contributed by atoms with E-state index in [2.05, 4.69) is 62.7 Å². The van der Waals surface area contributed by atoms with Crippen molar-refractivity contribution in [2.24, 2.45) is 25.6 Å². The van der Waals surface area contributed by atoms with Gasteiger partial charge in [-0.3, -0.25) is 19.0 Å². The maximum Gasteiger partial charge on any atom is 0.322 e. The van der Waals surface area contributed by atoms with Crippen LogP contribution >= 0.6 is 0 Å². The van der Waals surface area contributed by atoms with Crippen LogP contribution in [0.1, 0.15) is 43.2 Å². The van der Waals surface area contributed by atoms with Gasteiger partial charge in [-0.1, -0.05) is 0 Å². The van der Waals surface area contributed by atoms with Crippen molar-refractivity contribution in [1.82, 2.24) is 50.1 Å². The number of nitrogens with one attached hydrogen (secondary N) is 2. The van der Waals surface area contributed by atoms with E-state index in [1.165, 1.54) is 22.3 Å². The van der Waals surface area contributed by atoms with Crippen molar-refractivity contribution in [3.05, 3.63) is 94.6 Å². The number of amides is 2. The summed E-state index contributed by atoms with van der Waals surface area (Å²) in [5.41, 5.74) is 19.7. The Kier molecular flexibility index (Phi) is 12.6. The van der Waals surface area contributed by atoms with Crippen molar-refractivity contribution >= 4 is 33.0 Å². The third-order valence-corrected chi connectivity index (χ3v) is 12.2. The molecule has 2 amide bonds. The van der Waals surface area contributed by atoms with Crippen LogP contribution in [-0.2, 0) is 49.6 Å². The first-order valence-electron chi connectivity index (χ1n) is 20.9. The van der Waals surface area contributed by atoms with Gasteiger partial charge >= 0.3 is 6.01 Å².